The van der Waals surface area contributed by atoms with Crippen molar-refractivity contribution in [2.75, 3.05) is 6.54 Å². The lowest BCUT2D eigenvalue weighted by atomic mass is 10.4. The van der Waals surface area contributed by atoms with Crippen molar-refractivity contribution in [3.63, 3.8) is 0 Å². The average Bonchev–Trinajstić information content (AvgIpc) is 2.68. The Bertz CT molecular complexity index is 431. The van der Waals surface area contributed by atoms with Crippen molar-refractivity contribution in [2.24, 2.45) is 5.73 Å². The van der Waals surface area contributed by atoms with Crippen LogP contribution in [0.15, 0.2) is 24.5 Å². The average molecular weight is 203 g/mol. The molecule has 2 N–H and O–H groups in total. The summed E-state index contributed by atoms with van der Waals surface area (Å²) in [6, 6.07) is 3.85. The molecule has 0 aromatic carbocycles. The first-order valence-corrected chi connectivity index (χ1v) is 4.84. The zero-order valence-corrected chi connectivity index (χ0v) is 8.59. The Morgan fingerprint density at radius 2 is 2.20 bits per heavy atom. The highest BCUT2D eigenvalue weighted by molar-refractivity contribution is 5.23. The monoisotopic (exact) mass is 203 g/mol. The molecule has 15 heavy (non-hydrogen) atoms. The van der Waals surface area contributed by atoms with Crippen molar-refractivity contribution < 1.29 is 0 Å². The van der Waals surface area contributed by atoms with Crippen LogP contribution >= 0.6 is 0 Å². The van der Waals surface area contributed by atoms with Gasteiger partial charge in [-0.1, -0.05) is 0 Å². The van der Waals surface area contributed by atoms with E-state index in [-0.39, 0.29) is 0 Å². The fraction of sp³-hybridized carbons (Fsp3) is 0.300. The summed E-state index contributed by atoms with van der Waals surface area (Å²) >= 11 is 0. The number of imidazole rings is 1. The standard InChI is InChI=1S/C10H13N5/c1-8-2-3-10(14-13-8)15-7-6-12-9(15)4-5-11/h2-3,6-7H,4-5,11H2,1H3. The highest BCUT2D eigenvalue weighted by Gasteiger charge is 2.04. The molecule has 0 bridgehead atoms. The largest absolute Gasteiger partial charge is 0.330 e. The smallest absolute Gasteiger partial charge is 0.160 e. The lowest BCUT2D eigenvalue weighted by molar-refractivity contribution is 0.802. The van der Waals surface area contributed by atoms with Gasteiger partial charge < -0.3 is 5.73 Å². The molecule has 2 rings (SSSR count). The summed E-state index contributed by atoms with van der Waals surface area (Å²) in [5, 5.41) is 8.10. The third-order valence-corrected chi connectivity index (χ3v) is 2.12. The highest BCUT2D eigenvalue weighted by Crippen LogP contribution is 2.07. The van der Waals surface area contributed by atoms with Crippen LogP contribution in [-0.2, 0) is 6.42 Å². The van der Waals surface area contributed by atoms with Gasteiger partial charge >= 0.3 is 0 Å². The Balaban J connectivity index is 2.36. The van der Waals surface area contributed by atoms with E-state index in [0.29, 0.717) is 6.54 Å². The van der Waals surface area contributed by atoms with Gasteiger partial charge in [-0.15, -0.1) is 5.10 Å². The summed E-state index contributed by atoms with van der Waals surface area (Å²) in [6.07, 6.45) is 4.35. The molecule has 0 aliphatic carbocycles. The summed E-state index contributed by atoms with van der Waals surface area (Å²) in [6.45, 7) is 2.49. The minimum absolute atomic E-state index is 0.580. The van der Waals surface area contributed by atoms with Crippen LogP contribution in [0.25, 0.3) is 5.82 Å². The van der Waals surface area contributed by atoms with E-state index < -0.39 is 0 Å². The summed E-state index contributed by atoms with van der Waals surface area (Å²) < 4.78 is 1.90. The lowest BCUT2D eigenvalue weighted by Crippen LogP contribution is -2.09. The van der Waals surface area contributed by atoms with Crippen molar-refractivity contribution in [1.82, 2.24) is 19.7 Å². The molecule has 0 saturated heterocycles. The molecule has 0 atom stereocenters. The zero-order chi connectivity index (χ0) is 10.7. The molecule has 5 nitrogen and oxygen atoms in total. The minimum atomic E-state index is 0.580. The predicted molar refractivity (Wildman–Crippen MR) is 56.6 cm³/mol. The number of aromatic nitrogens is 4. The summed E-state index contributed by atoms with van der Waals surface area (Å²) in [5.74, 6) is 1.69. The van der Waals surface area contributed by atoms with E-state index in [0.717, 1.165) is 23.8 Å². The minimum Gasteiger partial charge on any atom is -0.330 e. The molecule has 2 heterocycles. The number of rotatable bonds is 3. The SMILES string of the molecule is Cc1ccc(-n2ccnc2CCN)nn1. The predicted octanol–water partition coefficient (Wildman–Crippen LogP) is 0.472. The maximum absolute atomic E-state index is 5.50. The van der Waals surface area contributed by atoms with Crippen LogP contribution < -0.4 is 5.73 Å². The molecule has 0 fully saturated rings. The van der Waals surface area contributed by atoms with Gasteiger partial charge in [0.25, 0.3) is 0 Å². The third-order valence-electron chi connectivity index (χ3n) is 2.12. The second-order valence-electron chi connectivity index (χ2n) is 3.29. The van der Waals surface area contributed by atoms with Gasteiger partial charge in [-0.25, -0.2) is 4.98 Å². The van der Waals surface area contributed by atoms with Crippen LogP contribution in [0.1, 0.15) is 11.5 Å². The van der Waals surface area contributed by atoms with Crippen molar-refractivity contribution in [3.05, 3.63) is 36.0 Å². The highest BCUT2D eigenvalue weighted by atomic mass is 15.2. The van der Waals surface area contributed by atoms with Crippen molar-refractivity contribution >= 4 is 0 Å². The number of nitrogens with two attached hydrogens (primary N) is 1. The van der Waals surface area contributed by atoms with E-state index in [2.05, 4.69) is 15.2 Å². The van der Waals surface area contributed by atoms with Crippen LogP contribution in [-0.4, -0.2) is 26.3 Å². The molecule has 2 aromatic rings. The molecule has 5 heteroatoms. The first-order valence-electron chi connectivity index (χ1n) is 4.84. The Labute approximate surface area is 88.0 Å². The van der Waals surface area contributed by atoms with Gasteiger partial charge in [0.15, 0.2) is 5.82 Å². The molecule has 0 aliphatic rings. The number of hydrogen-bond acceptors (Lipinski definition) is 4. The van der Waals surface area contributed by atoms with Crippen LogP contribution in [0.3, 0.4) is 0 Å². The van der Waals surface area contributed by atoms with E-state index in [1.165, 1.54) is 0 Å². The van der Waals surface area contributed by atoms with Crippen molar-refractivity contribution in [2.45, 2.75) is 13.3 Å². The first-order chi connectivity index (χ1) is 7.31. The van der Waals surface area contributed by atoms with Crippen LogP contribution in [0.4, 0.5) is 0 Å². The quantitative estimate of drug-likeness (QED) is 0.787. The summed E-state index contributed by atoms with van der Waals surface area (Å²) in [7, 11) is 0. The maximum atomic E-state index is 5.50. The Morgan fingerprint density at radius 1 is 1.33 bits per heavy atom. The van der Waals surface area contributed by atoms with E-state index in [4.69, 9.17) is 5.73 Å². The van der Waals surface area contributed by atoms with Crippen LogP contribution in [0.5, 0.6) is 0 Å². The molecule has 2 aromatic heterocycles. The Morgan fingerprint density at radius 3 is 2.87 bits per heavy atom. The molecule has 0 unspecified atom stereocenters. The first kappa shape index (κ1) is 9.79. The number of aryl methyl sites for hydroxylation is 1. The molecule has 0 spiro atoms. The third kappa shape index (κ3) is 2.02. The van der Waals surface area contributed by atoms with Gasteiger partial charge in [-0.2, -0.15) is 5.10 Å². The molecule has 0 aliphatic heterocycles. The fourth-order valence-corrected chi connectivity index (χ4v) is 1.38. The molecule has 0 saturated carbocycles. The number of nitrogens with zero attached hydrogens (tertiary/aromatic N) is 4. The van der Waals surface area contributed by atoms with Gasteiger partial charge in [0.05, 0.1) is 5.69 Å². The maximum Gasteiger partial charge on any atom is 0.160 e. The normalized spacial score (nSPS) is 10.5. The van der Waals surface area contributed by atoms with E-state index >= 15 is 0 Å². The van der Waals surface area contributed by atoms with Gasteiger partial charge in [0.2, 0.25) is 0 Å². The van der Waals surface area contributed by atoms with Crippen LogP contribution in [0, 0.1) is 6.92 Å². The van der Waals surface area contributed by atoms with Crippen molar-refractivity contribution in [3.8, 4) is 5.82 Å². The zero-order valence-electron chi connectivity index (χ0n) is 8.59. The lowest BCUT2D eigenvalue weighted by Gasteiger charge is -2.04. The Kier molecular flexibility index (Phi) is 2.73. The van der Waals surface area contributed by atoms with Gasteiger partial charge in [-0.3, -0.25) is 4.57 Å². The molecular formula is C10H13N5. The molecule has 0 radical (unpaired) electrons. The summed E-state index contributed by atoms with van der Waals surface area (Å²) in [4.78, 5) is 4.22. The van der Waals surface area contributed by atoms with Gasteiger partial charge in [0.1, 0.15) is 5.82 Å². The topological polar surface area (TPSA) is 69.6 Å². The second-order valence-corrected chi connectivity index (χ2v) is 3.29. The van der Waals surface area contributed by atoms with E-state index in [9.17, 15) is 0 Å². The molecular weight excluding hydrogens is 190 g/mol. The van der Waals surface area contributed by atoms with E-state index in [1.54, 1.807) is 6.20 Å². The Hall–Kier alpha value is -1.75. The van der Waals surface area contributed by atoms with Crippen LogP contribution in [0.2, 0.25) is 0 Å². The van der Waals surface area contributed by atoms with Gasteiger partial charge in [0, 0.05) is 18.8 Å². The fourth-order valence-electron chi connectivity index (χ4n) is 1.38. The molecule has 0 amide bonds. The van der Waals surface area contributed by atoms with Crippen molar-refractivity contribution in [1.29, 1.82) is 0 Å². The summed E-state index contributed by atoms with van der Waals surface area (Å²) in [5.41, 5.74) is 6.40. The van der Waals surface area contributed by atoms with Gasteiger partial charge in [-0.05, 0) is 25.6 Å². The second kappa shape index (κ2) is 4.18. The number of hydrogen-bond donors (Lipinski definition) is 1. The van der Waals surface area contributed by atoms with E-state index in [1.807, 2.05) is 29.8 Å². The molecule has 78 valence electrons.